The highest BCUT2D eigenvalue weighted by atomic mass is 16.2. The maximum absolute atomic E-state index is 12.4. The zero-order valence-corrected chi connectivity index (χ0v) is 20.0. The van der Waals surface area contributed by atoms with Crippen LogP contribution in [0.3, 0.4) is 0 Å². The summed E-state index contributed by atoms with van der Waals surface area (Å²) in [6.45, 7) is 3.81. The first kappa shape index (κ1) is 22.2. The van der Waals surface area contributed by atoms with Crippen molar-refractivity contribution in [3.05, 3.63) is 78.2 Å². The Hall–Kier alpha value is -4.57. The van der Waals surface area contributed by atoms with Crippen LogP contribution in [0.25, 0.3) is 44.2 Å². The van der Waals surface area contributed by atoms with Gasteiger partial charge in [0.2, 0.25) is 0 Å². The molecule has 0 aliphatic rings. The van der Waals surface area contributed by atoms with Gasteiger partial charge in [0, 0.05) is 48.4 Å². The molecular formula is C28H24N6O. The number of benzene rings is 2. The van der Waals surface area contributed by atoms with Crippen LogP contribution in [-0.4, -0.2) is 45.1 Å². The molecule has 3 aromatic heterocycles. The lowest BCUT2D eigenvalue weighted by atomic mass is 9.86. The number of nitrogens with zero attached hydrogens (tertiary/aromatic N) is 5. The minimum Gasteiger partial charge on any atom is -0.345 e. The van der Waals surface area contributed by atoms with Gasteiger partial charge in [-0.2, -0.15) is 10.4 Å². The summed E-state index contributed by atoms with van der Waals surface area (Å²) in [4.78, 5) is 23.2. The van der Waals surface area contributed by atoms with Gasteiger partial charge in [-0.05, 0) is 43.2 Å². The fourth-order valence-corrected chi connectivity index (χ4v) is 4.17. The maximum atomic E-state index is 12.4. The van der Waals surface area contributed by atoms with Gasteiger partial charge in [-0.25, -0.2) is 4.98 Å². The average molecular weight is 461 g/mol. The lowest BCUT2D eigenvalue weighted by Crippen LogP contribution is -2.21. The summed E-state index contributed by atoms with van der Waals surface area (Å²) in [7, 11) is 3.45. The van der Waals surface area contributed by atoms with Crippen molar-refractivity contribution in [3.63, 3.8) is 0 Å². The molecule has 172 valence electrons. The second kappa shape index (κ2) is 8.33. The van der Waals surface area contributed by atoms with Crippen LogP contribution in [0.15, 0.2) is 67.1 Å². The van der Waals surface area contributed by atoms with E-state index in [9.17, 15) is 10.1 Å². The van der Waals surface area contributed by atoms with Crippen LogP contribution >= 0.6 is 0 Å². The van der Waals surface area contributed by atoms with Gasteiger partial charge in [0.05, 0.1) is 40.0 Å². The minimum atomic E-state index is -0.557. The topological polar surface area (TPSA) is 98.6 Å². The molecule has 2 aromatic carbocycles. The van der Waals surface area contributed by atoms with Gasteiger partial charge in [-0.1, -0.05) is 30.3 Å². The summed E-state index contributed by atoms with van der Waals surface area (Å²) in [6, 6.07) is 18.2. The molecular weight excluding hydrogens is 436 g/mol. The molecule has 1 amide bonds. The Kier molecular flexibility index (Phi) is 5.29. The summed E-state index contributed by atoms with van der Waals surface area (Å²) >= 11 is 0. The van der Waals surface area contributed by atoms with Gasteiger partial charge in [-0.3, -0.25) is 14.9 Å². The van der Waals surface area contributed by atoms with E-state index in [0.29, 0.717) is 5.56 Å². The molecule has 0 aliphatic carbocycles. The molecule has 0 saturated carbocycles. The van der Waals surface area contributed by atoms with Gasteiger partial charge in [0.1, 0.15) is 0 Å². The van der Waals surface area contributed by atoms with E-state index in [1.54, 1.807) is 26.5 Å². The number of carbonyl (C=O) groups excluding carboxylic acids is 1. The van der Waals surface area contributed by atoms with Gasteiger partial charge in [0.25, 0.3) is 5.91 Å². The zero-order valence-electron chi connectivity index (χ0n) is 20.0. The number of rotatable bonds is 4. The first-order chi connectivity index (χ1) is 16.8. The number of pyridine rings is 2. The van der Waals surface area contributed by atoms with E-state index in [1.807, 2.05) is 62.5 Å². The predicted octanol–water partition coefficient (Wildman–Crippen LogP) is 5.34. The van der Waals surface area contributed by atoms with Crippen LogP contribution in [0, 0.1) is 11.3 Å². The number of fused-ring (bicyclic) bond motifs is 3. The fourth-order valence-electron chi connectivity index (χ4n) is 4.17. The molecule has 0 atom stereocenters. The summed E-state index contributed by atoms with van der Waals surface area (Å²) in [6.07, 6.45) is 5.15. The number of carbonyl (C=O) groups is 1. The number of hydrogen-bond donors (Lipinski definition) is 1. The van der Waals surface area contributed by atoms with Crippen LogP contribution in [0.4, 0.5) is 0 Å². The number of nitrogens with one attached hydrogen (secondary N) is 1. The molecule has 5 aromatic rings. The first-order valence-corrected chi connectivity index (χ1v) is 11.2. The third-order valence-corrected chi connectivity index (χ3v) is 6.28. The Morgan fingerprint density at radius 2 is 1.69 bits per heavy atom. The van der Waals surface area contributed by atoms with E-state index in [-0.39, 0.29) is 5.91 Å². The molecule has 7 nitrogen and oxygen atoms in total. The lowest BCUT2D eigenvalue weighted by molar-refractivity contribution is 0.0827. The Balaban J connectivity index is 1.61. The van der Waals surface area contributed by atoms with Crippen LogP contribution in [-0.2, 0) is 5.41 Å². The molecule has 0 fully saturated rings. The molecule has 0 aliphatic heterocycles. The van der Waals surface area contributed by atoms with Crippen molar-refractivity contribution >= 4 is 27.7 Å². The van der Waals surface area contributed by atoms with E-state index < -0.39 is 5.41 Å². The number of H-pyrrole nitrogens is 1. The van der Waals surface area contributed by atoms with Crippen molar-refractivity contribution in [2.45, 2.75) is 19.3 Å². The summed E-state index contributed by atoms with van der Waals surface area (Å²) in [5, 5.41) is 18.8. The van der Waals surface area contributed by atoms with E-state index in [2.05, 4.69) is 27.3 Å². The van der Waals surface area contributed by atoms with Crippen molar-refractivity contribution in [3.8, 4) is 28.5 Å². The third-order valence-electron chi connectivity index (χ3n) is 6.28. The monoisotopic (exact) mass is 460 g/mol. The largest absolute Gasteiger partial charge is 0.345 e. The van der Waals surface area contributed by atoms with Gasteiger partial charge < -0.3 is 4.90 Å². The van der Waals surface area contributed by atoms with E-state index in [4.69, 9.17) is 4.98 Å². The van der Waals surface area contributed by atoms with Crippen molar-refractivity contribution in [1.29, 1.82) is 5.26 Å². The average Bonchev–Trinajstić information content (AvgIpc) is 3.38. The third kappa shape index (κ3) is 3.89. The number of aromatic amines is 1. The van der Waals surface area contributed by atoms with Crippen molar-refractivity contribution < 1.29 is 4.79 Å². The van der Waals surface area contributed by atoms with Gasteiger partial charge in [-0.15, -0.1) is 0 Å². The van der Waals surface area contributed by atoms with Crippen LogP contribution in [0.5, 0.6) is 0 Å². The molecule has 7 heteroatoms. The van der Waals surface area contributed by atoms with Crippen LogP contribution in [0.2, 0.25) is 0 Å². The second-order valence-electron chi connectivity index (χ2n) is 9.33. The molecule has 0 saturated heterocycles. The molecule has 5 rings (SSSR count). The minimum absolute atomic E-state index is 0.0900. The quantitative estimate of drug-likeness (QED) is 0.390. The standard InChI is InChI=1S/C28H24N6O/c1-28(2,16-29)21-8-5-17(6-9-21)25-26-23(15-31-33-26)22-12-18(7-10-24(22)32-25)19-11-20(14-30-13-19)27(35)34(3)4/h5-15H,1-4H3,(H,31,33). The second-order valence-corrected chi connectivity index (χ2v) is 9.33. The van der Waals surface area contributed by atoms with Gasteiger partial charge in [0.15, 0.2) is 0 Å². The lowest BCUT2D eigenvalue weighted by Gasteiger charge is -2.16. The normalized spacial score (nSPS) is 11.5. The highest BCUT2D eigenvalue weighted by Gasteiger charge is 2.20. The fraction of sp³-hybridized carbons (Fsp3) is 0.179. The van der Waals surface area contributed by atoms with Crippen molar-refractivity contribution in [1.82, 2.24) is 25.1 Å². The van der Waals surface area contributed by atoms with Crippen molar-refractivity contribution in [2.75, 3.05) is 14.1 Å². The molecule has 0 radical (unpaired) electrons. The SMILES string of the molecule is CN(C)C(=O)c1cncc(-c2ccc3nc(-c4ccc(C(C)(C)C#N)cc4)c4[nH]ncc4c3c2)c1. The first-order valence-electron chi connectivity index (χ1n) is 11.2. The summed E-state index contributed by atoms with van der Waals surface area (Å²) in [5.41, 5.74) is 6.18. The van der Waals surface area contributed by atoms with Crippen LogP contribution in [0.1, 0.15) is 29.8 Å². The predicted molar refractivity (Wildman–Crippen MR) is 137 cm³/mol. The molecule has 0 spiro atoms. The zero-order chi connectivity index (χ0) is 24.7. The Labute approximate surface area is 203 Å². The van der Waals surface area contributed by atoms with E-state index in [0.717, 1.165) is 49.8 Å². The Bertz CT molecular complexity index is 1620. The summed E-state index contributed by atoms with van der Waals surface area (Å²) < 4.78 is 0. The summed E-state index contributed by atoms with van der Waals surface area (Å²) in [5.74, 6) is -0.0900. The molecule has 35 heavy (non-hydrogen) atoms. The molecule has 0 bridgehead atoms. The highest BCUT2D eigenvalue weighted by Crippen LogP contribution is 2.34. The number of nitriles is 1. The Morgan fingerprint density at radius 1 is 0.943 bits per heavy atom. The molecule has 0 unspecified atom stereocenters. The van der Waals surface area contributed by atoms with E-state index >= 15 is 0 Å². The smallest absolute Gasteiger partial charge is 0.254 e. The Morgan fingerprint density at radius 3 is 2.40 bits per heavy atom. The number of amides is 1. The molecule has 1 N–H and O–H groups in total. The number of hydrogen-bond acceptors (Lipinski definition) is 5. The highest BCUT2D eigenvalue weighted by molar-refractivity contribution is 6.10. The van der Waals surface area contributed by atoms with E-state index in [1.165, 1.54) is 4.90 Å². The molecule has 3 heterocycles. The van der Waals surface area contributed by atoms with Gasteiger partial charge >= 0.3 is 0 Å². The van der Waals surface area contributed by atoms with Crippen LogP contribution < -0.4 is 0 Å². The number of aromatic nitrogens is 4. The maximum Gasteiger partial charge on any atom is 0.254 e. The van der Waals surface area contributed by atoms with Crippen molar-refractivity contribution in [2.24, 2.45) is 0 Å².